The second-order valence-corrected chi connectivity index (χ2v) is 4.24. The number of methoxy groups -OCH3 is 1. The molecule has 0 saturated carbocycles. The van der Waals surface area contributed by atoms with E-state index in [9.17, 15) is 0 Å². The van der Waals surface area contributed by atoms with Crippen LogP contribution in [0.1, 0.15) is 5.69 Å². The van der Waals surface area contributed by atoms with E-state index in [-0.39, 0.29) is 0 Å². The van der Waals surface area contributed by atoms with E-state index in [0.29, 0.717) is 11.2 Å². The third kappa shape index (κ3) is 2.50. The van der Waals surface area contributed by atoms with Crippen molar-refractivity contribution in [1.82, 2.24) is 9.97 Å². The molecule has 0 aliphatic carbocycles. The van der Waals surface area contributed by atoms with Crippen molar-refractivity contribution in [1.29, 1.82) is 0 Å². The minimum absolute atomic E-state index is 0.517. The van der Waals surface area contributed by atoms with Crippen LogP contribution in [0.15, 0.2) is 22.9 Å². The Labute approximate surface area is 96.8 Å². The quantitative estimate of drug-likeness (QED) is 0.835. The predicted octanol–water partition coefficient (Wildman–Crippen LogP) is 3.01. The molecule has 2 heterocycles. The van der Waals surface area contributed by atoms with Crippen molar-refractivity contribution < 1.29 is 4.74 Å². The lowest BCUT2D eigenvalue weighted by molar-refractivity contribution is 0.181. The fraction of sp³-hybridized carbons (Fsp3) is 0.200. The van der Waals surface area contributed by atoms with Crippen molar-refractivity contribution in [3.8, 4) is 11.4 Å². The lowest BCUT2D eigenvalue weighted by atomic mass is 10.3. The van der Waals surface area contributed by atoms with Crippen LogP contribution in [0.5, 0.6) is 0 Å². The molecule has 5 heteroatoms. The van der Waals surface area contributed by atoms with E-state index in [1.807, 2.05) is 22.9 Å². The van der Waals surface area contributed by atoms with Crippen LogP contribution in [-0.4, -0.2) is 17.1 Å². The van der Waals surface area contributed by atoms with Gasteiger partial charge in [-0.05, 0) is 17.5 Å². The van der Waals surface area contributed by atoms with Crippen LogP contribution in [-0.2, 0) is 11.3 Å². The van der Waals surface area contributed by atoms with Crippen LogP contribution in [0.2, 0.25) is 0 Å². The topological polar surface area (TPSA) is 37.9 Å². The van der Waals surface area contributed by atoms with Gasteiger partial charge in [0.25, 0.3) is 0 Å². The number of nitrogens with zero attached hydrogens (tertiary/aromatic N) is 1. The fourth-order valence-corrected chi connectivity index (χ4v) is 2.15. The predicted molar refractivity (Wildman–Crippen MR) is 63.4 cm³/mol. The maximum absolute atomic E-state index is 5.09. The molecule has 0 radical (unpaired) electrons. The lowest BCUT2D eigenvalue weighted by Crippen LogP contribution is -1.96. The van der Waals surface area contributed by atoms with Gasteiger partial charge in [-0.2, -0.15) is 11.3 Å². The van der Waals surface area contributed by atoms with Crippen LogP contribution in [0.25, 0.3) is 11.4 Å². The summed E-state index contributed by atoms with van der Waals surface area (Å²) in [6.45, 7) is 0.517. The Balaban J connectivity index is 2.44. The standard InChI is InChI=1S/C10H10N2OS2/c1-13-5-8-4-9(14)12-10(11-8)7-2-3-15-6-7/h2-4,6H,5H2,1H3,(H,11,12,14). The number of hydrogen-bond acceptors (Lipinski definition) is 4. The molecular weight excluding hydrogens is 228 g/mol. The average molecular weight is 238 g/mol. The molecule has 0 saturated heterocycles. The number of H-pyrrole nitrogens is 1. The van der Waals surface area contributed by atoms with Crippen LogP contribution >= 0.6 is 23.6 Å². The smallest absolute Gasteiger partial charge is 0.140 e. The molecule has 0 unspecified atom stereocenters. The zero-order valence-electron chi connectivity index (χ0n) is 8.19. The van der Waals surface area contributed by atoms with Crippen LogP contribution in [0, 0.1) is 4.64 Å². The van der Waals surface area contributed by atoms with Gasteiger partial charge in [-0.25, -0.2) is 4.98 Å². The summed E-state index contributed by atoms with van der Waals surface area (Å²) < 4.78 is 5.64. The molecule has 0 aliphatic rings. The SMILES string of the molecule is COCc1cc(=S)nc(-c2ccsc2)[nH]1. The van der Waals surface area contributed by atoms with E-state index < -0.39 is 0 Å². The Bertz CT molecular complexity index is 490. The van der Waals surface area contributed by atoms with Crippen molar-refractivity contribution in [2.45, 2.75) is 6.61 Å². The third-order valence-corrected chi connectivity index (χ3v) is 2.79. The molecule has 1 N–H and O–H groups in total. The Kier molecular flexibility index (Phi) is 3.25. The summed E-state index contributed by atoms with van der Waals surface area (Å²) in [5.41, 5.74) is 2.00. The summed E-state index contributed by atoms with van der Waals surface area (Å²) in [6, 6.07) is 3.82. The summed E-state index contributed by atoms with van der Waals surface area (Å²) in [5.74, 6) is 0.802. The average Bonchev–Trinajstić information content (AvgIpc) is 2.70. The Morgan fingerprint density at radius 1 is 1.60 bits per heavy atom. The monoisotopic (exact) mass is 238 g/mol. The summed E-state index contributed by atoms with van der Waals surface area (Å²) >= 11 is 6.73. The van der Waals surface area contributed by atoms with Crippen LogP contribution in [0.4, 0.5) is 0 Å². The second kappa shape index (κ2) is 4.65. The first-order valence-corrected chi connectivity index (χ1v) is 5.76. The van der Waals surface area contributed by atoms with Gasteiger partial charge in [0.05, 0.1) is 6.61 Å². The molecule has 0 aromatic carbocycles. The minimum atomic E-state index is 0.517. The Morgan fingerprint density at radius 3 is 3.13 bits per heavy atom. The molecule has 0 bridgehead atoms. The molecule has 78 valence electrons. The number of ether oxygens (including phenoxy) is 1. The number of nitrogens with one attached hydrogen (secondary N) is 1. The highest BCUT2D eigenvalue weighted by atomic mass is 32.1. The molecular formula is C10H10N2OS2. The first kappa shape index (κ1) is 10.5. The maximum Gasteiger partial charge on any atom is 0.140 e. The highest BCUT2D eigenvalue weighted by Gasteiger charge is 2.02. The van der Waals surface area contributed by atoms with E-state index in [1.54, 1.807) is 18.4 Å². The minimum Gasteiger partial charge on any atom is -0.378 e. The molecule has 2 rings (SSSR count). The Hall–Kier alpha value is -1.04. The van der Waals surface area contributed by atoms with Gasteiger partial charge in [-0.15, -0.1) is 0 Å². The van der Waals surface area contributed by atoms with Gasteiger partial charge in [0.1, 0.15) is 10.5 Å². The molecule has 2 aromatic rings. The number of hydrogen-bond donors (Lipinski definition) is 1. The van der Waals surface area contributed by atoms with Crippen molar-refractivity contribution in [2.75, 3.05) is 7.11 Å². The van der Waals surface area contributed by atoms with Gasteiger partial charge in [0.2, 0.25) is 0 Å². The highest BCUT2D eigenvalue weighted by molar-refractivity contribution is 7.71. The van der Waals surface area contributed by atoms with E-state index in [1.165, 1.54) is 0 Å². The van der Waals surface area contributed by atoms with Crippen molar-refractivity contribution in [3.05, 3.63) is 33.2 Å². The fourth-order valence-electron chi connectivity index (χ4n) is 1.28. The first-order valence-electron chi connectivity index (χ1n) is 4.41. The van der Waals surface area contributed by atoms with Crippen LogP contribution < -0.4 is 0 Å². The van der Waals surface area contributed by atoms with Gasteiger partial charge in [0, 0.05) is 23.7 Å². The molecule has 0 fully saturated rings. The summed E-state index contributed by atoms with van der Waals surface area (Å²) in [6.07, 6.45) is 0. The van der Waals surface area contributed by atoms with E-state index in [2.05, 4.69) is 9.97 Å². The normalized spacial score (nSPS) is 10.5. The highest BCUT2D eigenvalue weighted by Crippen LogP contribution is 2.18. The number of aromatic nitrogens is 2. The van der Waals surface area contributed by atoms with E-state index in [0.717, 1.165) is 17.1 Å². The van der Waals surface area contributed by atoms with Gasteiger partial charge < -0.3 is 9.72 Å². The molecule has 15 heavy (non-hydrogen) atoms. The zero-order chi connectivity index (χ0) is 10.7. The molecule has 0 aliphatic heterocycles. The number of thiophene rings is 1. The number of rotatable bonds is 3. The molecule has 0 atom stereocenters. The number of aromatic amines is 1. The molecule has 2 aromatic heterocycles. The summed E-state index contributed by atoms with van der Waals surface area (Å²) in [7, 11) is 1.65. The van der Waals surface area contributed by atoms with Gasteiger partial charge in [-0.1, -0.05) is 12.2 Å². The molecule has 0 spiro atoms. The van der Waals surface area contributed by atoms with Crippen molar-refractivity contribution in [2.24, 2.45) is 0 Å². The van der Waals surface area contributed by atoms with Crippen molar-refractivity contribution in [3.63, 3.8) is 0 Å². The summed E-state index contributed by atoms with van der Waals surface area (Å²) in [4.78, 5) is 7.46. The van der Waals surface area contributed by atoms with Crippen molar-refractivity contribution >= 4 is 23.6 Å². The van der Waals surface area contributed by atoms with Gasteiger partial charge in [-0.3, -0.25) is 0 Å². The van der Waals surface area contributed by atoms with E-state index >= 15 is 0 Å². The van der Waals surface area contributed by atoms with Gasteiger partial charge in [0.15, 0.2) is 0 Å². The largest absolute Gasteiger partial charge is 0.378 e. The van der Waals surface area contributed by atoms with Crippen LogP contribution in [0.3, 0.4) is 0 Å². The van der Waals surface area contributed by atoms with Gasteiger partial charge >= 0.3 is 0 Å². The third-order valence-electron chi connectivity index (χ3n) is 1.89. The second-order valence-electron chi connectivity index (χ2n) is 3.04. The Morgan fingerprint density at radius 2 is 2.47 bits per heavy atom. The first-order chi connectivity index (χ1) is 7.29. The van der Waals surface area contributed by atoms with E-state index in [4.69, 9.17) is 17.0 Å². The maximum atomic E-state index is 5.09. The summed E-state index contributed by atoms with van der Waals surface area (Å²) in [5, 5.41) is 4.04. The zero-order valence-corrected chi connectivity index (χ0v) is 9.82. The lowest BCUT2D eigenvalue weighted by Gasteiger charge is -2.03. The molecule has 0 amide bonds. The molecule has 3 nitrogen and oxygen atoms in total.